The molecule has 0 radical (unpaired) electrons. The Balaban J connectivity index is 3.89. The van der Waals surface area contributed by atoms with E-state index in [0.717, 1.165) is 3.58 Å². The first-order valence-electron chi connectivity index (χ1n) is 2.39. The number of hydrogen-bond acceptors (Lipinski definition) is 1. The molecule has 0 amide bonds. The van der Waals surface area contributed by atoms with Gasteiger partial charge in [0, 0.05) is 9.78 Å². The average molecular weight is 223 g/mol. The molecule has 0 atom stereocenters. The Hall–Kier alpha value is 0.01000. The van der Waals surface area contributed by atoms with Crippen LogP contribution >= 0.6 is 22.6 Å². The van der Waals surface area contributed by atoms with E-state index in [1.807, 2.05) is 19.9 Å². The molecule has 0 aromatic rings. The lowest BCUT2D eigenvalue weighted by Gasteiger charge is -1.86. The monoisotopic (exact) mass is 223 g/mol. The molecule has 0 saturated carbocycles. The minimum atomic E-state index is 1.09. The third-order valence-electron chi connectivity index (χ3n) is 0.586. The maximum atomic E-state index is 5.21. The van der Waals surface area contributed by atoms with Crippen LogP contribution in [0.4, 0.5) is 0 Å². The largest absolute Gasteiger partial charge is 0.404 e. The fourth-order valence-electron chi connectivity index (χ4n) is 0.324. The summed E-state index contributed by atoms with van der Waals surface area (Å²) in [6, 6.07) is 0. The smallest absolute Gasteiger partial charge is 0.0284 e. The fraction of sp³-hybridized carbons (Fsp3) is 0.333. The molecule has 0 fully saturated rings. The van der Waals surface area contributed by atoms with Gasteiger partial charge in [-0.3, -0.25) is 0 Å². The van der Waals surface area contributed by atoms with Crippen LogP contribution in [0.3, 0.4) is 0 Å². The molecule has 46 valence electrons. The molecule has 0 aromatic carbocycles. The van der Waals surface area contributed by atoms with Gasteiger partial charge in [-0.15, -0.1) is 0 Å². The van der Waals surface area contributed by atoms with Crippen LogP contribution in [-0.4, -0.2) is 0 Å². The van der Waals surface area contributed by atoms with E-state index in [1.54, 1.807) is 6.20 Å². The van der Waals surface area contributed by atoms with Crippen molar-refractivity contribution in [3.8, 4) is 0 Å². The van der Waals surface area contributed by atoms with Crippen LogP contribution in [0.5, 0.6) is 0 Å². The molecule has 0 saturated heterocycles. The van der Waals surface area contributed by atoms with Crippen LogP contribution in [0.15, 0.2) is 21.4 Å². The van der Waals surface area contributed by atoms with Crippen molar-refractivity contribution in [3.05, 3.63) is 21.4 Å². The van der Waals surface area contributed by atoms with Crippen LogP contribution in [0.25, 0.3) is 0 Å². The molecule has 0 aromatic heterocycles. The van der Waals surface area contributed by atoms with E-state index in [9.17, 15) is 0 Å². The fourth-order valence-corrected chi connectivity index (χ4v) is 0.947. The summed E-state index contributed by atoms with van der Waals surface area (Å²) in [7, 11) is 0. The molecule has 0 rings (SSSR count). The second kappa shape index (κ2) is 3.95. The molecule has 8 heavy (non-hydrogen) atoms. The van der Waals surface area contributed by atoms with Crippen molar-refractivity contribution < 1.29 is 0 Å². The maximum Gasteiger partial charge on any atom is 0.0284 e. The third-order valence-corrected chi connectivity index (χ3v) is 1.26. The van der Waals surface area contributed by atoms with Crippen LogP contribution < -0.4 is 5.73 Å². The standard InChI is InChI=1S/C6H10IN/c1-5(2)3-6(7)4-8/h3-4H,8H2,1-2H3/b6-4+. The van der Waals surface area contributed by atoms with Crippen molar-refractivity contribution in [1.82, 2.24) is 0 Å². The van der Waals surface area contributed by atoms with Crippen LogP contribution in [0.1, 0.15) is 13.8 Å². The molecule has 0 aliphatic heterocycles. The molecular formula is C6H10IN. The van der Waals surface area contributed by atoms with Crippen molar-refractivity contribution in [2.75, 3.05) is 0 Å². The second-order valence-corrected chi connectivity index (χ2v) is 3.02. The predicted molar refractivity (Wildman–Crippen MR) is 45.7 cm³/mol. The van der Waals surface area contributed by atoms with Gasteiger partial charge >= 0.3 is 0 Å². The minimum absolute atomic E-state index is 1.09. The second-order valence-electron chi connectivity index (χ2n) is 1.77. The average Bonchev–Trinajstić information content (AvgIpc) is 1.65. The van der Waals surface area contributed by atoms with Gasteiger partial charge in [-0.25, -0.2) is 0 Å². The van der Waals surface area contributed by atoms with Gasteiger partial charge in [0.15, 0.2) is 0 Å². The van der Waals surface area contributed by atoms with E-state index in [-0.39, 0.29) is 0 Å². The summed E-state index contributed by atoms with van der Waals surface area (Å²) >= 11 is 2.18. The number of halogens is 1. The Morgan fingerprint density at radius 1 is 1.50 bits per heavy atom. The molecule has 0 unspecified atom stereocenters. The van der Waals surface area contributed by atoms with E-state index < -0.39 is 0 Å². The summed E-state index contributed by atoms with van der Waals surface area (Å²) in [6.45, 7) is 4.09. The van der Waals surface area contributed by atoms with Crippen LogP contribution in [0.2, 0.25) is 0 Å². The van der Waals surface area contributed by atoms with Gasteiger partial charge in [-0.1, -0.05) is 5.57 Å². The van der Waals surface area contributed by atoms with Gasteiger partial charge in [0.05, 0.1) is 0 Å². The highest BCUT2D eigenvalue weighted by Gasteiger charge is 1.79. The minimum Gasteiger partial charge on any atom is -0.404 e. The number of rotatable bonds is 1. The normalized spacial score (nSPS) is 11.1. The van der Waals surface area contributed by atoms with Gasteiger partial charge in [-0.2, -0.15) is 0 Å². The molecule has 1 nitrogen and oxygen atoms in total. The molecule has 2 N–H and O–H groups in total. The van der Waals surface area contributed by atoms with Crippen LogP contribution in [-0.2, 0) is 0 Å². The Kier molecular flexibility index (Phi) is 3.95. The molecule has 0 spiro atoms. The highest BCUT2D eigenvalue weighted by Crippen LogP contribution is 2.07. The Labute approximate surface area is 63.8 Å². The highest BCUT2D eigenvalue weighted by atomic mass is 127. The zero-order valence-electron chi connectivity index (χ0n) is 5.11. The van der Waals surface area contributed by atoms with Crippen molar-refractivity contribution in [3.63, 3.8) is 0 Å². The van der Waals surface area contributed by atoms with E-state index >= 15 is 0 Å². The van der Waals surface area contributed by atoms with E-state index in [1.165, 1.54) is 5.57 Å². The van der Waals surface area contributed by atoms with Gasteiger partial charge in [-0.05, 0) is 42.5 Å². The van der Waals surface area contributed by atoms with E-state index in [2.05, 4.69) is 22.6 Å². The van der Waals surface area contributed by atoms with Crippen molar-refractivity contribution in [1.29, 1.82) is 0 Å². The lowest BCUT2D eigenvalue weighted by atomic mass is 10.3. The van der Waals surface area contributed by atoms with E-state index in [4.69, 9.17) is 5.73 Å². The SMILES string of the molecule is CC(C)=C/C(I)=C\N. The van der Waals surface area contributed by atoms with Gasteiger partial charge in [0.1, 0.15) is 0 Å². The topological polar surface area (TPSA) is 26.0 Å². The van der Waals surface area contributed by atoms with Gasteiger partial charge in [0.2, 0.25) is 0 Å². The summed E-state index contributed by atoms with van der Waals surface area (Å²) in [6.07, 6.45) is 3.62. The molecule has 0 bridgehead atoms. The lowest BCUT2D eigenvalue weighted by molar-refractivity contribution is 1.39. The van der Waals surface area contributed by atoms with E-state index in [0.29, 0.717) is 0 Å². The zero-order chi connectivity index (χ0) is 6.57. The molecule has 0 aliphatic carbocycles. The summed E-state index contributed by atoms with van der Waals surface area (Å²) in [5.41, 5.74) is 6.48. The third kappa shape index (κ3) is 4.18. The van der Waals surface area contributed by atoms with Crippen LogP contribution in [0, 0.1) is 0 Å². The summed E-state index contributed by atoms with van der Waals surface area (Å²) < 4.78 is 1.09. The van der Waals surface area contributed by atoms with Crippen molar-refractivity contribution in [2.45, 2.75) is 13.8 Å². The van der Waals surface area contributed by atoms with Gasteiger partial charge < -0.3 is 5.73 Å². The number of hydrogen-bond donors (Lipinski definition) is 1. The Morgan fingerprint density at radius 2 is 2.00 bits per heavy atom. The molecule has 0 heterocycles. The predicted octanol–water partition coefficient (Wildman–Crippen LogP) is 2.19. The number of allylic oxidation sites excluding steroid dienone is 3. The lowest BCUT2D eigenvalue weighted by Crippen LogP contribution is -1.77. The Bertz CT molecular complexity index is 120. The molecule has 0 aliphatic rings. The quantitative estimate of drug-likeness (QED) is 0.535. The Morgan fingerprint density at radius 3 is 2.12 bits per heavy atom. The van der Waals surface area contributed by atoms with Gasteiger partial charge in [0.25, 0.3) is 0 Å². The summed E-state index contributed by atoms with van der Waals surface area (Å²) in [4.78, 5) is 0. The first-order chi connectivity index (χ1) is 3.66. The molecule has 2 heteroatoms. The highest BCUT2D eigenvalue weighted by molar-refractivity contribution is 14.1. The number of nitrogens with two attached hydrogens (primary N) is 1. The zero-order valence-corrected chi connectivity index (χ0v) is 7.27. The van der Waals surface area contributed by atoms with Crippen molar-refractivity contribution in [2.24, 2.45) is 5.73 Å². The summed E-state index contributed by atoms with van der Waals surface area (Å²) in [5.74, 6) is 0. The molecular weight excluding hydrogens is 213 g/mol. The maximum absolute atomic E-state index is 5.21. The first-order valence-corrected chi connectivity index (χ1v) is 3.47. The van der Waals surface area contributed by atoms with Crippen molar-refractivity contribution >= 4 is 22.6 Å². The summed E-state index contributed by atoms with van der Waals surface area (Å²) in [5, 5.41) is 0. The first kappa shape index (κ1) is 8.01.